The molecule has 1 aliphatic rings. The lowest BCUT2D eigenvalue weighted by atomic mass is 9.98. The molecular weight excluding hydrogens is 210 g/mol. The molecule has 84 valence electrons. The SMILES string of the molecule is COc1cc(OC)c2c(c1)C(=O)NC(=O)C2. The maximum absolute atomic E-state index is 11.6. The van der Waals surface area contributed by atoms with E-state index in [-0.39, 0.29) is 12.3 Å². The van der Waals surface area contributed by atoms with Crippen LogP contribution in [0.15, 0.2) is 12.1 Å². The van der Waals surface area contributed by atoms with Gasteiger partial charge in [-0.1, -0.05) is 0 Å². The van der Waals surface area contributed by atoms with Gasteiger partial charge in [-0.3, -0.25) is 14.9 Å². The van der Waals surface area contributed by atoms with Crippen LogP contribution in [0.4, 0.5) is 0 Å². The van der Waals surface area contributed by atoms with Gasteiger partial charge in [0.25, 0.3) is 5.91 Å². The molecule has 0 unspecified atom stereocenters. The average Bonchev–Trinajstić information content (AvgIpc) is 2.28. The summed E-state index contributed by atoms with van der Waals surface area (Å²) in [6.07, 6.45) is 0.147. The molecule has 2 rings (SSSR count). The van der Waals surface area contributed by atoms with Crippen molar-refractivity contribution in [2.24, 2.45) is 0 Å². The molecule has 1 N–H and O–H groups in total. The summed E-state index contributed by atoms with van der Waals surface area (Å²) in [5, 5.41) is 2.25. The first kappa shape index (κ1) is 10.5. The fourth-order valence-corrected chi connectivity index (χ4v) is 1.70. The molecule has 5 nitrogen and oxygen atoms in total. The zero-order valence-corrected chi connectivity index (χ0v) is 8.99. The first-order valence-corrected chi connectivity index (χ1v) is 4.74. The Morgan fingerprint density at radius 2 is 1.94 bits per heavy atom. The molecule has 0 radical (unpaired) electrons. The van der Waals surface area contributed by atoms with Crippen LogP contribution >= 0.6 is 0 Å². The van der Waals surface area contributed by atoms with Crippen molar-refractivity contribution in [3.8, 4) is 11.5 Å². The second-order valence-corrected chi connectivity index (χ2v) is 3.41. The van der Waals surface area contributed by atoms with Gasteiger partial charge < -0.3 is 9.47 Å². The molecular formula is C11H11NO4. The summed E-state index contributed by atoms with van der Waals surface area (Å²) in [5.41, 5.74) is 1.04. The highest BCUT2D eigenvalue weighted by Crippen LogP contribution is 2.30. The van der Waals surface area contributed by atoms with E-state index in [9.17, 15) is 9.59 Å². The van der Waals surface area contributed by atoms with Crippen LogP contribution < -0.4 is 14.8 Å². The molecule has 0 aromatic heterocycles. The fourth-order valence-electron chi connectivity index (χ4n) is 1.70. The van der Waals surface area contributed by atoms with E-state index in [1.54, 1.807) is 12.1 Å². The number of nitrogens with one attached hydrogen (secondary N) is 1. The Kier molecular flexibility index (Phi) is 2.52. The van der Waals surface area contributed by atoms with Crippen LogP contribution in [0.1, 0.15) is 15.9 Å². The van der Waals surface area contributed by atoms with Crippen LogP contribution in [-0.2, 0) is 11.2 Å². The molecule has 0 saturated carbocycles. The van der Waals surface area contributed by atoms with Crippen molar-refractivity contribution in [1.29, 1.82) is 0 Å². The monoisotopic (exact) mass is 221 g/mol. The lowest BCUT2D eigenvalue weighted by Crippen LogP contribution is -2.37. The summed E-state index contributed by atoms with van der Waals surface area (Å²) in [5.74, 6) is 0.294. The second-order valence-electron chi connectivity index (χ2n) is 3.41. The molecule has 0 aliphatic carbocycles. The zero-order chi connectivity index (χ0) is 11.7. The van der Waals surface area contributed by atoms with Crippen molar-refractivity contribution in [3.63, 3.8) is 0 Å². The number of hydrogen-bond donors (Lipinski definition) is 1. The van der Waals surface area contributed by atoms with E-state index in [2.05, 4.69) is 5.32 Å². The molecule has 0 bridgehead atoms. The summed E-state index contributed by atoms with van der Waals surface area (Å²) in [6.45, 7) is 0. The van der Waals surface area contributed by atoms with Crippen LogP contribution in [-0.4, -0.2) is 26.0 Å². The minimum Gasteiger partial charge on any atom is -0.497 e. The molecule has 0 saturated heterocycles. The highest BCUT2D eigenvalue weighted by molar-refractivity contribution is 6.10. The summed E-state index contributed by atoms with van der Waals surface area (Å²) in [4.78, 5) is 22.8. The van der Waals surface area contributed by atoms with Crippen molar-refractivity contribution >= 4 is 11.8 Å². The van der Waals surface area contributed by atoms with Gasteiger partial charge in [-0.15, -0.1) is 0 Å². The van der Waals surface area contributed by atoms with Gasteiger partial charge in [0.1, 0.15) is 11.5 Å². The molecule has 1 aromatic carbocycles. The number of carbonyl (C=O) groups excluding carboxylic acids is 2. The first-order chi connectivity index (χ1) is 7.65. The Balaban J connectivity index is 2.60. The van der Waals surface area contributed by atoms with Crippen LogP contribution in [0.3, 0.4) is 0 Å². The third-order valence-electron chi connectivity index (χ3n) is 2.47. The summed E-state index contributed by atoms with van der Waals surface area (Å²) in [6, 6.07) is 3.25. The molecule has 1 aliphatic heterocycles. The summed E-state index contributed by atoms with van der Waals surface area (Å²) in [7, 11) is 3.00. The zero-order valence-electron chi connectivity index (χ0n) is 8.99. The Morgan fingerprint density at radius 3 is 2.56 bits per heavy atom. The lowest BCUT2D eigenvalue weighted by molar-refractivity contribution is -0.119. The number of imide groups is 1. The Labute approximate surface area is 92.4 Å². The number of carbonyl (C=O) groups is 2. The standard InChI is InChI=1S/C11H11NO4/c1-15-6-3-8-7(9(4-6)16-2)5-10(13)12-11(8)14/h3-4H,5H2,1-2H3,(H,12,13,14). The van der Waals surface area contributed by atoms with E-state index in [0.29, 0.717) is 22.6 Å². The van der Waals surface area contributed by atoms with Crippen molar-refractivity contribution < 1.29 is 19.1 Å². The van der Waals surface area contributed by atoms with Gasteiger partial charge in [-0.2, -0.15) is 0 Å². The van der Waals surface area contributed by atoms with E-state index in [1.165, 1.54) is 14.2 Å². The van der Waals surface area contributed by atoms with Crippen molar-refractivity contribution in [1.82, 2.24) is 5.32 Å². The highest BCUT2D eigenvalue weighted by atomic mass is 16.5. The number of benzene rings is 1. The van der Waals surface area contributed by atoms with Crippen molar-refractivity contribution in [3.05, 3.63) is 23.3 Å². The third-order valence-corrected chi connectivity index (χ3v) is 2.47. The van der Waals surface area contributed by atoms with Gasteiger partial charge in [0.15, 0.2) is 0 Å². The maximum Gasteiger partial charge on any atom is 0.258 e. The predicted molar refractivity (Wildman–Crippen MR) is 55.7 cm³/mol. The molecule has 1 aromatic rings. The maximum atomic E-state index is 11.6. The fraction of sp³-hybridized carbons (Fsp3) is 0.273. The van der Waals surface area contributed by atoms with E-state index in [1.807, 2.05) is 0 Å². The number of hydrogen-bond acceptors (Lipinski definition) is 4. The number of amides is 2. The van der Waals surface area contributed by atoms with Gasteiger partial charge in [0.05, 0.1) is 26.2 Å². The number of methoxy groups -OCH3 is 2. The number of fused-ring (bicyclic) bond motifs is 1. The largest absolute Gasteiger partial charge is 0.497 e. The smallest absolute Gasteiger partial charge is 0.258 e. The number of rotatable bonds is 2. The van der Waals surface area contributed by atoms with Crippen LogP contribution in [0.5, 0.6) is 11.5 Å². The van der Waals surface area contributed by atoms with Gasteiger partial charge >= 0.3 is 0 Å². The minimum atomic E-state index is -0.413. The first-order valence-electron chi connectivity index (χ1n) is 4.74. The van der Waals surface area contributed by atoms with Crippen molar-refractivity contribution in [2.45, 2.75) is 6.42 Å². The molecule has 0 fully saturated rings. The number of ether oxygens (including phenoxy) is 2. The Morgan fingerprint density at radius 1 is 1.19 bits per heavy atom. The lowest BCUT2D eigenvalue weighted by Gasteiger charge is -2.18. The van der Waals surface area contributed by atoms with Crippen LogP contribution in [0, 0.1) is 0 Å². The molecule has 0 spiro atoms. The molecule has 2 amide bonds. The summed E-state index contributed by atoms with van der Waals surface area (Å²) >= 11 is 0. The predicted octanol–water partition coefficient (Wildman–Crippen LogP) is 0.516. The van der Waals surface area contributed by atoms with E-state index >= 15 is 0 Å². The summed E-state index contributed by atoms with van der Waals surface area (Å²) < 4.78 is 10.2. The molecule has 0 atom stereocenters. The van der Waals surface area contributed by atoms with E-state index in [0.717, 1.165) is 0 Å². The Hall–Kier alpha value is -2.04. The van der Waals surface area contributed by atoms with Gasteiger partial charge in [0, 0.05) is 11.6 Å². The van der Waals surface area contributed by atoms with E-state index in [4.69, 9.17) is 9.47 Å². The van der Waals surface area contributed by atoms with Gasteiger partial charge in [0.2, 0.25) is 5.91 Å². The average molecular weight is 221 g/mol. The van der Waals surface area contributed by atoms with Crippen LogP contribution in [0.2, 0.25) is 0 Å². The quantitative estimate of drug-likeness (QED) is 0.739. The van der Waals surface area contributed by atoms with Crippen LogP contribution in [0.25, 0.3) is 0 Å². The highest BCUT2D eigenvalue weighted by Gasteiger charge is 2.26. The third kappa shape index (κ3) is 1.60. The minimum absolute atomic E-state index is 0.147. The Bertz CT molecular complexity index is 467. The molecule has 1 heterocycles. The normalized spacial score (nSPS) is 14.1. The van der Waals surface area contributed by atoms with Gasteiger partial charge in [-0.25, -0.2) is 0 Å². The molecule has 16 heavy (non-hydrogen) atoms. The van der Waals surface area contributed by atoms with Gasteiger partial charge in [-0.05, 0) is 6.07 Å². The second kappa shape index (κ2) is 3.84. The van der Waals surface area contributed by atoms with Crippen molar-refractivity contribution in [2.75, 3.05) is 14.2 Å². The van der Waals surface area contributed by atoms with E-state index < -0.39 is 5.91 Å². The molecule has 5 heteroatoms. The topological polar surface area (TPSA) is 64.6 Å².